The van der Waals surface area contributed by atoms with Crippen LogP contribution in [0.2, 0.25) is 0 Å². The molecule has 1 aromatic carbocycles. The van der Waals surface area contributed by atoms with Crippen LogP contribution in [0.25, 0.3) is 0 Å². The number of hydrogen-bond acceptors (Lipinski definition) is 4. The van der Waals surface area contributed by atoms with Gasteiger partial charge in [0.15, 0.2) is 5.96 Å². The minimum absolute atomic E-state index is 0.364. The first-order chi connectivity index (χ1) is 12.6. The van der Waals surface area contributed by atoms with E-state index in [2.05, 4.69) is 27.1 Å². The van der Waals surface area contributed by atoms with E-state index in [-0.39, 0.29) is 0 Å². The van der Waals surface area contributed by atoms with Crippen LogP contribution in [-0.2, 0) is 23.1 Å². The molecule has 0 bridgehead atoms. The van der Waals surface area contributed by atoms with Gasteiger partial charge in [0.05, 0.1) is 4.90 Å². The van der Waals surface area contributed by atoms with Gasteiger partial charge in [-0.1, -0.05) is 12.1 Å². The largest absolute Gasteiger partial charge is 0.352 e. The van der Waals surface area contributed by atoms with E-state index in [9.17, 15) is 8.42 Å². The van der Waals surface area contributed by atoms with Crippen LogP contribution in [-0.4, -0.2) is 38.8 Å². The first-order valence-corrected chi connectivity index (χ1v) is 11.0. The zero-order valence-corrected chi connectivity index (χ0v) is 16.4. The van der Waals surface area contributed by atoms with Gasteiger partial charge in [-0.3, -0.25) is 4.99 Å². The molecule has 0 amide bonds. The second kappa shape index (κ2) is 8.66. The highest BCUT2D eigenvalue weighted by atomic mass is 32.2. The van der Waals surface area contributed by atoms with Crippen molar-refractivity contribution in [3.8, 4) is 0 Å². The van der Waals surface area contributed by atoms with E-state index in [4.69, 9.17) is 0 Å². The summed E-state index contributed by atoms with van der Waals surface area (Å²) in [6.45, 7) is 2.54. The van der Waals surface area contributed by atoms with Crippen molar-refractivity contribution in [2.24, 2.45) is 4.99 Å². The highest BCUT2D eigenvalue weighted by Crippen LogP contribution is 2.21. The number of nitrogens with one attached hydrogen (secondary N) is 2. The maximum Gasteiger partial charge on any atom is 0.243 e. The van der Waals surface area contributed by atoms with Gasteiger partial charge in [0.25, 0.3) is 0 Å². The second-order valence-electron chi connectivity index (χ2n) is 6.17. The first kappa shape index (κ1) is 18.9. The Morgan fingerprint density at radius 2 is 1.73 bits per heavy atom. The van der Waals surface area contributed by atoms with Crippen molar-refractivity contribution < 1.29 is 8.42 Å². The fraction of sp³-hybridized carbons (Fsp3) is 0.389. The van der Waals surface area contributed by atoms with Crippen molar-refractivity contribution in [2.45, 2.75) is 30.8 Å². The Balaban J connectivity index is 1.55. The zero-order chi connectivity index (χ0) is 18.4. The second-order valence-corrected chi connectivity index (χ2v) is 8.88. The summed E-state index contributed by atoms with van der Waals surface area (Å²) < 4.78 is 26.6. The Hall–Kier alpha value is -1.90. The zero-order valence-electron chi connectivity index (χ0n) is 14.8. The van der Waals surface area contributed by atoms with Crippen molar-refractivity contribution in [1.29, 1.82) is 0 Å². The van der Waals surface area contributed by atoms with Crippen molar-refractivity contribution in [3.05, 3.63) is 52.2 Å². The highest BCUT2D eigenvalue weighted by molar-refractivity contribution is 7.89. The van der Waals surface area contributed by atoms with E-state index in [0.717, 1.165) is 24.9 Å². The number of aliphatic imine (C=N–C) groups is 1. The predicted octanol–water partition coefficient (Wildman–Crippen LogP) is 2.40. The predicted molar refractivity (Wildman–Crippen MR) is 106 cm³/mol. The molecule has 3 rings (SSSR count). The molecule has 1 aliphatic heterocycles. The summed E-state index contributed by atoms with van der Waals surface area (Å²) in [5, 5.41) is 10.6. The van der Waals surface area contributed by atoms with Gasteiger partial charge in [0, 0.05) is 33.2 Å². The molecule has 0 unspecified atom stereocenters. The molecule has 6 nitrogen and oxygen atoms in total. The standard InChI is InChI=1S/C18H24N4O2S2/c1-19-18(21-13-16-8-11-25-14-16)20-12-15-4-6-17(7-5-15)26(23,24)22-9-2-3-10-22/h4-8,11,14H,2-3,9-10,12-13H2,1H3,(H2,19,20,21). The molecule has 2 N–H and O–H groups in total. The van der Waals surface area contributed by atoms with Crippen molar-refractivity contribution in [2.75, 3.05) is 20.1 Å². The summed E-state index contributed by atoms with van der Waals surface area (Å²) in [7, 11) is -1.62. The van der Waals surface area contributed by atoms with Crippen LogP contribution in [0.15, 0.2) is 51.0 Å². The molecule has 0 atom stereocenters. The summed E-state index contributed by atoms with van der Waals surface area (Å²) >= 11 is 1.67. The number of nitrogens with zero attached hydrogens (tertiary/aromatic N) is 2. The molecule has 1 saturated heterocycles. The summed E-state index contributed by atoms with van der Waals surface area (Å²) in [5.41, 5.74) is 2.22. The minimum atomic E-state index is -3.35. The molecule has 1 aliphatic rings. The van der Waals surface area contributed by atoms with Gasteiger partial charge >= 0.3 is 0 Å². The topological polar surface area (TPSA) is 73.8 Å². The van der Waals surface area contributed by atoms with Gasteiger partial charge in [0.2, 0.25) is 10.0 Å². The molecular formula is C18H24N4O2S2. The number of sulfonamides is 1. The van der Waals surface area contributed by atoms with Gasteiger partial charge in [-0.05, 0) is 52.9 Å². The maximum atomic E-state index is 12.5. The Morgan fingerprint density at radius 3 is 2.31 bits per heavy atom. The molecule has 0 aliphatic carbocycles. The molecule has 0 saturated carbocycles. The molecule has 2 aromatic rings. The van der Waals surface area contributed by atoms with Gasteiger partial charge in [-0.25, -0.2) is 8.42 Å². The summed E-state index contributed by atoms with van der Waals surface area (Å²) in [6.07, 6.45) is 1.89. The van der Waals surface area contributed by atoms with E-state index in [1.807, 2.05) is 17.5 Å². The van der Waals surface area contributed by atoms with Crippen LogP contribution >= 0.6 is 11.3 Å². The smallest absolute Gasteiger partial charge is 0.243 e. The summed E-state index contributed by atoms with van der Waals surface area (Å²) in [6, 6.07) is 9.15. The van der Waals surface area contributed by atoms with E-state index in [0.29, 0.717) is 30.5 Å². The quantitative estimate of drug-likeness (QED) is 0.585. The van der Waals surface area contributed by atoms with Gasteiger partial charge < -0.3 is 10.6 Å². The van der Waals surface area contributed by atoms with Crippen molar-refractivity contribution >= 4 is 27.3 Å². The van der Waals surface area contributed by atoms with E-state index < -0.39 is 10.0 Å². The summed E-state index contributed by atoms with van der Waals surface area (Å²) in [4.78, 5) is 4.57. The average Bonchev–Trinajstić information content (AvgIpc) is 3.36. The number of rotatable bonds is 6. The highest BCUT2D eigenvalue weighted by Gasteiger charge is 2.26. The van der Waals surface area contributed by atoms with Gasteiger partial charge in [0.1, 0.15) is 0 Å². The molecular weight excluding hydrogens is 368 g/mol. The maximum absolute atomic E-state index is 12.5. The third-order valence-electron chi connectivity index (χ3n) is 4.35. The van der Waals surface area contributed by atoms with Gasteiger partial charge in [-0.15, -0.1) is 0 Å². The SMILES string of the molecule is CN=C(NCc1ccc(S(=O)(=O)N2CCCC2)cc1)NCc1ccsc1. The third kappa shape index (κ3) is 4.63. The Bertz CT molecular complexity index is 825. The van der Waals surface area contributed by atoms with Crippen LogP contribution < -0.4 is 10.6 Å². The summed E-state index contributed by atoms with van der Waals surface area (Å²) in [5.74, 6) is 0.713. The fourth-order valence-corrected chi connectivity index (χ4v) is 5.03. The van der Waals surface area contributed by atoms with Crippen LogP contribution in [0.3, 0.4) is 0 Å². The molecule has 0 radical (unpaired) electrons. The molecule has 140 valence electrons. The fourth-order valence-electron chi connectivity index (χ4n) is 2.84. The van der Waals surface area contributed by atoms with Crippen LogP contribution in [0.5, 0.6) is 0 Å². The minimum Gasteiger partial charge on any atom is -0.352 e. The Kier molecular flexibility index (Phi) is 6.29. The molecule has 1 fully saturated rings. The van der Waals surface area contributed by atoms with Crippen LogP contribution in [0, 0.1) is 0 Å². The lowest BCUT2D eigenvalue weighted by atomic mass is 10.2. The molecule has 26 heavy (non-hydrogen) atoms. The Labute approximate surface area is 159 Å². The molecule has 1 aromatic heterocycles. The number of benzene rings is 1. The number of thiophene rings is 1. The van der Waals surface area contributed by atoms with Crippen LogP contribution in [0.1, 0.15) is 24.0 Å². The van der Waals surface area contributed by atoms with Crippen molar-refractivity contribution in [1.82, 2.24) is 14.9 Å². The normalized spacial score (nSPS) is 16.0. The van der Waals surface area contributed by atoms with Crippen LogP contribution in [0.4, 0.5) is 0 Å². The molecule has 2 heterocycles. The third-order valence-corrected chi connectivity index (χ3v) is 6.99. The average molecular weight is 393 g/mol. The first-order valence-electron chi connectivity index (χ1n) is 8.64. The van der Waals surface area contributed by atoms with E-state index in [1.54, 1.807) is 34.8 Å². The Morgan fingerprint density at radius 1 is 1.08 bits per heavy atom. The lowest BCUT2D eigenvalue weighted by molar-refractivity contribution is 0.477. The van der Waals surface area contributed by atoms with Crippen molar-refractivity contribution in [3.63, 3.8) is 0 Å². The monoisotopic (exact) mass is 392 g/mol. The van der Waals surface area contributed by atoms with E-state index >= 15 is 0 Å². The number of guanidine groups is 1. The molecule has 0 spiro atoms. The number of hydrogen-bond donors (Lipinski definition) is 2. The van der Waals surface area contributed by atoms with Gasteiger partial charge in [-0.2, -0.15) is 15.6 Å². The lowest BCUT2D eigenvalue weighted by Gasteiger charge is -2.16. The van der Waals surface area contributed by atoms with E-state index in [1.165, 1.54) is 5.56 Å². The molecule has 8 heteroatoms. The lowest BCUT2D eigenvalue weighted by Crippen LogP contribution is -2.36.